The number of amides is 1. The van der Waals surface area contributed by atoms with Crippen LogP contribution < -0.4 is 5.32 Å². The molecule has 1 N–H and O–H groups in total. The second-order valence-corrected chi connectivity index (χ2v) is 6.06. The van der Waals surface area contributed by atoms with Crippen molar-refractivity contribution in [2.45, 2.75) is 18.7 Å². The average molecular weight is 306 g/mol. The van der Waals surface area contributed by atoms with Crippen LogP contribution in [0.1, 0.15) is 22.8 Å². The van der Waals surface area contributed by atoms with Gasteiger partial charge in [-0.25, -0.2) is 0 Å². The first-order valence-electron chi connectivity index (χ1n) is 6.41. The third-order valence-corrected chi connectivity index (χ3v) is 4.22. The van der Waals surface area contributed by atoms with Crippen LogP contribution in [0.4, 0.5) is 5.69 Å². The van der Waals surface area contributed by atoms with Crippen molar-refractivity contribution in [1.29, 1.82) is 0 Å². The maximum absolute atomic E-state index is 12.3. The Hall–Kier alpha value is -1.45. The summed E-state index contributed by atoms with van der Waals surface area (Å²) >= 11 is 7.73. The molecule has 0 unspecified atom stereocenters. The molecule has 0 aromatic heterocycles. The summed E-state index contributed by atoms with van der Waals surface area (Å²) in [5, 5.41) is 3.54. The van der Waals surface area contributed by atoms with Crippen LogP contribution in [0.5, 0.6) is 0 Å². The topological polar surface area (TPSA) is 29.1 Å². The summed E-state index contributed by atoms with van der Waals surface area (Å²) in [6.07, 6.45) is 0. The van der Waals surface area contributed by atoms with Crippen molar-refractivity contribution < 1.29 is 4.79 Å². The third kappa shape index (κ3) is 3.56. The van der Waals surface area contributed by atoms with Gasteiger partial charge in [-0.05, 0) is 42.5 Å². The van der Waals surface area contributed by atoms with Gasteiger partial charge < -0.3 is 5.32 Å². The molecule has 0 aliphatic rings. The van der Waals surface area contributed by atoms with Crippen LogP contribution >= 0.6 is 23.4 Å². The van der Waals surface area contributed by atoms with Crippen molar-refractivity contribution in [3.05, 3.63) is 58.6 Å². The van der Waals surface area contributed by atoms with Crippen molar-refractivity contribution in [3.63, 3.8) is 0 Å². The minimum atomic E-state index is -0.110. The van der Waals surface area contributed by atoms with Gasteiger partial charge in [-0.3, -0.25) is 4.79 Å². The van der Waals surface area contributed by atoms with Gasteiger partial charge in [0.15, 0.2) is 0 Å². The smallest absolute Gasteiger partial charge is 0.256 e. The molecule has 2 aromatic rings. The quantitative estimate of drug-likeness (QED) is 0.804. The zero-order valence-electron chi connectivity index (χ0n) is 11.4. The number of hydrogen-bond acceptors (Lipinski definition) is 2. The Bertz CT molecular complexity index is 628. The van der Waals surface area contributed by atoms with E-state index in [1.165, 1.54) is 0 Å². The second-order valence-electron chi connectivity index (χ2n) is 4.35. The summed E-state index contributed by atoms with van der Waals surface area (Å²) in [6, 6.07) is 13.1. The number of benzene rings is 2. The van der Waals surface area contributed by atoms with Gasteiger partial charge in [0.25, 0.3) is 5.91 Å². The lowest BCUT2D eigenvalue weighted by molar-refractivity contribution is 0.102. The SMILES string of the molecule is CCSc1ccccc1C(=O)Nc1ccc(C)c(Cl)c1. The van der Waals surface area contributed by atoms with Crippen molar-refractivity contribution in [2.75, 3.05) is 11.1 Å². The Morgan fingerprint density at radius 1 is 1.25 bits per heavy atom. The molecule has 0 saturated carbocycles. The molecule has 0 fully saturated rings. The number of halogens is 1. The summed E-state index contributed by atoms with van der Waals surface area (Å²) in [5.41, 5.74) is 2.39. The van der Waals surface area contributed by atoms with Crippen LogP contribution in [0.3, 0.4) is 0 Å². The Kier molecular flexibility index (Phi) is 5.10. The molecule has 0 atom stereocenters. The molecule has 2 rings (SSSR count). The van der Waals surface area contributed by atoms with E-state index in [1.807, 2.05) is 43.3 Å². The number of carbonyl (C=O) groups excluding carboxylic acids is 1. The van der Waals surface area contributed by atoms with Crippen LogP contribution in [0.25, 0.3) is 0 Å². The number of aryl methyl sites for hydroxylation is 1. The molecule has 0 heterocycles. The molecule has 0 saturated heterocycles. The molecule has 20 heavy (non-hydrogen) atoms. The molecule has 0 aliphatic heterocycles. The van der Waals surface area contributed by atoms with E-state index in [4.69, 9.17) is 11.6 Å². The maximum Gasteiger partial charge on any atom is 0.256 e. The standard InChI is InChI=1S/C16H16ClNOS/c1-3-20-15-7-5-4-6-13(15)16(19)18-12-9-8-11(2)14(17)10-12/h4-10H,3H2,1-2H3,(H,18,19). The van der Waals surface area contributed by atoms with Gasteiger partial charge >= 0.3 is 0 Å². The number of hydrogen-bond donors (Lipinski definition) is 1. The zero-order chi connectivity index (χ0) is 14.5. The molecule has 0 aliphatic carbocycles. The summed E-state index contributed by atoms with van der Waals surface area (Å²) < 4.78 is 0. The Labute approximate surface area is 128 Å². The lowest BCUT2D eigenvalue weighted by Crippen LogP contribution is -2.13. The molecule has 1 amide bonds. The van der Waals surface area contributed by atoms with Gasteiger partial charge in [-0.1, -0.05) is 36.7 Å². The molecule has 2 nitrogen and oxygen atoms in total. The second kappa shape index (κ2) is 6.82. The summed E-state index contributed by atoms with van der Waals surface area (Å²) in [5.74, 6) is 0.821. The highest BCUT2D eigenvalue weighted by Gasteiger charge is 2.11. The predicted octanol–water partition coefficient (Wildman–Crippen LogP) is 5.01. The van der Waals surface area contributed by atoms with E-state index in [9.17, 15) is 4.79 Å². The Morgan fingerprint density at radius 2 is 2.00 bits per heavy atom. The van der Waals surface area contributed by atoms with E-state index in [1.54, 1.807) is 17.8 Å². The van der Waals surface area contributed by atoms with Crippen LogP contribution in [0, 0.1) is 6.92 Å². The minimum absolute atomic E-state index is 0.110. The van der Waals surface area contributed by atoms with E-state index < -0.39 is 0 Å². The number of carbonyl (C=O) groups is 1. The molecule has 0 spiro atoms. The molecule has 0 bridgehead atoms. The lowest BCUT2D eigenvalue weighted by atomic mass is 10.2. The van der Waals surface area contributed by atoms with Crippen molar-refractivity contribution in [1.82, 2.24) is 0 Å². The number of anilines is 1. The highest BCUT2D eigenvalue weighted by atomic mass is 35.5. The van der Waals surface area contributed by atoms with Crippen LogP contribution in [-0.2, 0) is 0 Å². The van der Waals surface area contributed by atoms with Gasteiger partial charge in [-0.2, -0.15) is 0 Å². The van der Waals surface area contributed by atoms with Crippen LogP contribution in [0.2, 0.25) is 5.02 Å². The van der Waals surface area contributed by atoms with Gasteiger partial charge in [0, 0.05) is 15.6 Å². The highest BCUT2D eigenvalue weighted by Crippen LogP contribution is 2.24. The van der Waals surface area contributed by atoms with E-state index in [0.29, 0.717) is 16.3 Å². The maximum atomic E-state index is 12.3. The average Bonchev–Trinajstić information content (AvgIpc) is 2.44. The fraction of sp³-hybridized carbons (Fsp3) is 0.188. The van der Waals surface area contributed by atoms with Gasteiger partial charge in [-0.15, -0.1) is 11.8 Å². The van der Waals surface area contributed by atoms with Crippen molar-refractivity contribution >= 4 is 35.0 Å². The van der Waals surface area contributed by atoms with E-state index in [2.05, 4.69) is 12.2 Å². The normalized spacial score (nSPS) is 10.3. The van der Waals surface area contributed by atoms with Gasteiger partial charge in [0.1, 0.15) is 0 Å². The first-order valence-corrected chi connectivity index (χ1v) is 7.77. The zero-order valence-corrected chi connectivity index (χ0v) is 13.0. The summed E-state index contributed by atoms with van der Waals surface area (Å²) in [7, 11) is 0. The third-order valence-electron chi connectivity index (χ3n) is 2.86. The Balaban J connectivity index is 2.21. The number of nitrogens with one attached hydrogen (secondary N) is 1. The van der Waals surface area contributed by atoms with Crippen LogP contribution in [0.15, 0.2) is 47.4 Å². The van der Waals surface area contributed by atoms with E-state index in [0.717, 1.165) is 16.2 Å². The Morgan fingerprint density at radius 3 is 2.70 bits per heavy atom. The number of rotatable bonds is 4. The van der Waals surface area contributed by atoms with E-state index in [-0.39, 0.29) is 5.91 Å². The summed E-state index contributed by atoms with van der Waals surface area (Å²) in [4.78, 5) is 13.3. The fourth-order valence-corrected chi connectivity index (χ4v) is 2.79. The lowest BCUT2D eigenvalue weighted by Gasteiger charge is -2.10. The van der Waals surface area contributed by atoms with Crippen molar-refractivity contribution in [3.8, 4) is 0 Å². The first kappa shape index (κ1) is 14.9. The van der Waals surface area contributed by atoms with Gasteiger partial charge in [0.05, 0.1) is 5.56 Å². The van der Waals surface area contributed by atoms with Crippen molar-refractivity contribution in [2.24, 2.45) is 0 Å². The molecule has 0 radical (unpaired) electrons. The van der Waals surface area contributed by atoms with E-state index >= 15 is 0 Å². The monoisotopic (exact) mass is 305 g/mol. The first-order chi connectivity index (χ1) is 9.61. The predicted molar refractivity (Wildman–Crippen MR) is 87.0 cm³/mol. The molecular formula is C16H16ClNOS. The molecule has 2 aromatic carbocycles. The molecular weight excluding hydrogens is 290 g/mol. The largest absolute Gasteiger partial charge is 0.322 e. The minimum Gasteiger partial charge on any atom is -0.322 e. The number of thioether (sulfide) groups is 1. The fourth-order valence-electron chi connectivity index (χ4n) is 1.80. The molecule has 104 valence electrons. The van der Waals surface area contributed by atoms with Gasteiger partial charge in [0.2, 0.25) is 0 Å². The van der Waals surface area contributed by atoms with Crippen LogP contribution in [-0.4, -0.2) is 11.7 Å². The summed E-state index contributed by atoms with van der Waals surface area (Å²) in [6.45, 7) is 4.00. The molecule has 4 heteroatoms. The highest BCUT2D eigenvalue weighted by molar-refractivity contribution is 7.99.